The van der Waals surface area contributed by atoms with Crippen LogP contribution in [0.5, 0.6) is 0 Å². The molecule has 0 amide bonds. The van der Waals surface area contributed by atoms with Gasteiger partial charge in [0.2, 0.25) is 0 Å². The molecule has 0 aliphatic carbocycles. The van der Waals surface area contributed by atoms with Crippen LogP contribution in [-0.2, 0) is 14.3 Å². The lowest BCUT2D eigenvalue weighted by Crippen LogP contribution is -2.27. The predicted molar refractivity (Wildman–Crippen MR) is 50.2 cm³/mol. The van der Waals surface area contributed by atoms with Gasteiger partial charge in [0.05, 0.1) is 18.9 Å². The Morgan fingerprint density at radius 2 is 1.77 bits per heavy atom. The molecule has 0 aliphatic rings. The third-order valence-corrected chi connectivity index (χ3v) is 2.04. The summed E-state index contributed by atoms with van der Waals surface area (Å²) in [6.07, 6.45) is 0. The smallest absolute Gasteiger partial charge is 0.309 e. The van der Waals surface area contributed by atoms with E-state index in [0.717, 1.165) is 0 Å². The van der Waals surface area contributed by atoms with Crippen molar-refractivity contribution in [1.29, 1.82) is 0 Å². The first kappa shape index (κ1) is 11.9. The molecule has 0 saturated heterocycles. The molecular weight excluding hydrogens is 168 g/mol. The van der Waals surface area contributed by atoms with Gasteiger partial charge in [-0.1, -0.05) is 19.1 Å². The average molecular weight is 184 g/mol. The standard InChI is InChI=1S/C10H16O3/c1-6(2)9(8(4)11)7(3)10(12)13-5/h7,9H,1H2,2-5H3. The minimum Gasteiger partial charge on any atom is -0.469 e. The molecule has 0 aromatic heterocycles. The number of methoxy groups -OCH3 is 1. The van der Waals surface area contributed by atoms with Crippen LogP contribution in [0.15, 0.2) is 12.2 Å². The minimum atomic E-state index is -0.444. The molecular formula is C10H16O3. The van der Waals surface area contributed by atoms with Gasteiger partial charge in [-0.15, -0.1) is 0 Å². The highest BCUT2D eigenvalue weighted by Gasteiger charge is 2.28. The molecule has 0 spiro atoms. The Labute approximate surface area is 78.8 Å². The summed E-state index contributed by atoms with van der Waals surface area (Å²) >= 11 is 0. The van der Waals surface area contributed by atoms with Crippen LogP contribution < -0.4 is 0 Å². The van der Waals surface area contributed by atoms with Crippen LogP contribution in [0, 0.1) is 11.8 Å². The lowest BCUT2D eigenvalue weighted by molar-refractivity contribution is -0.148. The van der Waals surface area contributed by atoms with E-state index in [0.29, 0.717) is 5.57 Å². The van der Waals surface area contributed by atoms with E-state index in [2.05, 4.69) is 11.3 Å². The Hall–Kier alpha value is -1.12. The SMILES string of the molecule is C=C(C)C(C(C)=O)C(C)C(=O)OC. The third-order valence-electron chi connectivity index (χ3n) is 2.04. The van der Waals surface area contributed by atoms with E-state index in [4.69, 9.17) is 0 Å². The molecule has 74 valence electrons. The third kappa shape index (κ3) is 3.01. The van der Waals surface area contributed by atoms with Gasteiger partial charge in [0, 0.05) is 0 Å². The monoisotopic (exact) mass is 184 g/mol. The predicted octanol–water partition coefficient (Wildman–Crippen LogP) is 1.58. The zero-order chi connectivity index (χ0) is 10.6. The van der Waals surface area contributed by atoms with E-state index in [9.17, 15) is 9.59 Å². The second-order valence-corrected chi connectivity index (χ2v) is 3.25. The summed E-state index contributed by atoms with van der Waals surface area (Å²) in [5.74, 6) is -1.29. The van der Waals surface area contributed by atoms with Gasteiger partial charge in [-0.2, -0.15) is 0 Å². The van der Waals surface area contributed by atoms with Crippen molar-refractivity contribution in [2.24, 2.45) is 11.8 Å². The molecule has 0 aliphatic heterocycles. The zero-order valence-electron chi connectivity index (χ0n) is 8.59. The summed E-state index contributed by atoms with van der Waals surface area (Å²) in [5, 5.41) is 0. The maximum Gasteiger partial charge on any atom is 0.309 e. The van der Waals surface area contributed by atoms with Crippen LogP contribution >= 0.6 is 0 Å². The van der Waals surface area contributed by atoms with Gasteiger partial charge in [0.25, 0.3) is 0 Å². The minimum absolute atomic E-state index is 0.0506. The lowest BCUT2D eigenvalue weighted by Gasteiger charge is -2.19. The lowest BCUT2D eigenvalue weighted by atomic mass is 9.85. The van der Waals surface area contributed by atoms with Gasteiger partial charge >= 0.3 is 5.97 Å². The van der Waals surface area contributed by atoms with Gasteiger partial charge in [0.1, 0.15) is 5.78 Å². The maximum absolute atomic E-state index is 11.2. The van der Waals surface area contributed by atoms with Crippen molar-refractivity contribution in [3.8, 4) is 0 Å². The van der Waals surface area contributed by atoms with Crippen LogP contribution in [0.1, 0.15) is 20.8 Å². The van der Waals surface area contributed by atoms with Crippen molar-refractivity contribution in [2.75, 3.05) is 7.11 Å². The number of hydrogen-bond donors (Lipinski definition) is 0. The van der Waals surface area contributed by atoms with Crippen molar-refractivity contribution in [1.82, 2.24) is 0 Å². The van der Waals surface area contributed by atoms with Gasteiger partial charge in [-0.05, 0) is 13.8 Å². The fourth-order valence-electron chi connectivity index (χ4n) is 1.45. The van der Waals surface area contributed by atoms with Gasteiger partial charge in [-0.25, -0.2) is 0 Å². The topological polar surface area (TPSA) is 43.4 Å². The van der Waals surface area contributed by atoms with Crippen LogP contribution in [0.3, 0.4) is 0 Å². The number of esters is 1. The number of hydrogen-bond acceptors (Lipinski definition) is 3. The number of ketones is 1. The molecule has 3 heteroatoms. The van der Waals surface area contributed by atoms with Crippen molar-refractivity contribution >= 4 is 11.8 Å². The van der Waals surface area contributed by atoms with Crippen molar-refractivity contribution in [3.05, 3.63) is 12.2 Å². The summed E-state index contributed by atoms with van der Waals surface area (Å²) in [5.41, 5.74) is 0.699. The highest BCUT2D eigenvalue weighted by atomic mass is 16.5. The van der Waals surface area contributed by atoms with E-state index in [1.165, 1.54) is 14.0 Å². The van der Waals surface area contributed by atoms with E-state index in [1.54, 1.807) is 13.8 Å². The first-order chi connectivity index (χ1) is 5.91. The Morgan fingerprint density at radius 3 is 2.00 bits per heavy atom. The Bertz CT molecular complexity index is 216. The molecule has 2 atom stereocenters. The fourth-order valence-corrected chi connectivity index (χ4v) is 1.45. The van der Waals surface area contributed by atoms with Gasteiger partial charge < -0.3 is 4.74 Å². The number of Topliss-reactive ketones (excluding diaryl/α,β-unsaturated/α-hetero) is 1. The van der Waals surface area contributed by atoms with Crippen LogP contribution in [0.2, 0.25) is 0 Å². The van der Waals surface area contributed by atoms with Crippen LogP contribution in [-0.4, -0.2) is 18.9 Å². The summed E-state index contributed by atoms with van der Waals surface area (Å²) < 4.78 is 4.56. The zero-order valence-corrected chi connectivity index (χ0v) is 8.59. The Morgan fingerprint density at radius 1 is 1.31 bits per heavy atom. The quantitative estimate of drug-likeness (QED) is 0.492. The van der Waals surface area contributed by atoms with Gasteiger partial charge in [-0.3, -0.25) is 9.59 Å². The van der Waals surface area contributed by atoms with Crippen molar-refractivity contribution in [2.45, 2.75) is 20.8 Å². The van der Waals surface area contributed by atoms with Crippen LogP contribution in [0.25, 0.3) is 0 Å². The highest BCUT2D eigenvalue weighted by molar-refractivity contribution is 5.87. The summed E-state index contributed by atoms with van der Waals surface area (Å²) in [4.78, 5) is 22.3. The molecule has 0 bridgehead atoms. The van der Waals surface area contributed by atoms with E-state index in [1.807, 2.05) is 0 Å². The molecule has 0 rings (SSSR count). The highest BCUT2D eigenvalue weighted by Crippen LogP contribution is 2.21. The summed E-state index contributed by atoms with van der Waals surface area (Å²) in [6.45, 7) is 8.56. The van der Waals surface area contributed by atoms with Crippen LogP contribution in [0.4, 0.5) is 0 Å². The molecule has 3 nitrogen and oxygen atoms in total. The Kier molecular flexibility index (Phi) is 4.38. The molecule has 0 N–H and O–H groups in total. The van der Waals surface area contributed by atoms with Crippen molar-refractivity contribution in [3.63, 3.8) is 0 Å². The number of carbonyl (C=O) groups excluding carboxylic acids is 2. The first-order valence-electron chi connectivity index (χ1n) is 4.15. The maximum atomic E-state index is 11.2. The molecule has 0 fully saturated rings. The van der Waals surface area contributed by atoms with Gasteiger partial charge in [0.15, 0.2) is 0 Å². The molecule has 0 heterocycles. The average Bonchev–Trinajstić information content (AvgIpc) is 2.01. The fraction of sp³-hybridized carbons (Fsp3) is 0.600. The van der Waals surface area contributed by atoms with E-state index >= 15 is 0 Å². The second kappa shape index (κ2) is 4.80. The summed E-state index contributed by atoms with van der Waals surface area (Å²) in [6, 6.07) is 0. The van der Waals surface area contributed by atoms with Crippen molar-refractivity contribution < 1.29 is 14.3 Å². The number of rotatable bonds is 4. The first-order valence-corrected chi connectivity index (χ1v) is 4.15. The molecule has 0 radical (unpaired) electrons. The molecule has 0 aromatic rings. The van der Waals surface area contributed by atoms with E-state index in [-0.39, 0.29) is 11.8 Å². The Balaban J connectivity index is 4.65. The number of ether oxygens (including phenoxy) is 1. The molecule has 13 heavy (non-hydrogen) atoms. The molecule has 2 unspecified atom stereocenters. The molecule has 0 aromatic carbocycles. The normalized spacial score (nSPS) is 14.5. The van der Waals surface area contributed by atoms with E-state index < -0.39 is 11.8 Å². The second-order valence-electron chi connectivity index (χ2n) is 3.25. The number of allylic oxidation sites excluding steroid dienone is 1. The summed E-state index contributed by atoms with van der Waals surface area (Å²) in [7, 11) is 1.31. The largest absolute Gasteiger partial charge is 0.469 e. The number of carbonyl (C=O) groups is 2. The molecule has 0 saturated carbocycles.